The van der Waals surface area contributed by atoms with Gasteiger partial charge in [0.15, 0.2) is 5.69 Å². The predicted octanol–water partition coefficient (Wildman–Crippen LogP) is 1.52. The van der Waals surface area contributed by atoms with Crippen molar-refractivity contribution in [2.75, 3.05) is 18.1 Å². The first kappa shape index (κ1) is 18.8. The molecule has 1 atom stereocenters. The Morgan fingerprint density at radius 2 is 2.22 bits per heavy atom. The molecule has 1 N–H and O–H groups in total. The number of carboxylic acid groups (broad SMARTS) is 1. The third-order valence-corrected chi connectivity index (χ3v) is 5.37. The number of benzene rings is 1. The summed E-state index contributed by atoms with van der Waals surface area (Å²) >= 11 is 1.61. The van der Waals surface area contributed by atoms with Gasteiger partial charge in [-0.05, 0) is 13.0 Å². The molecule has 0 aliphatic carbocycles. The van der Waals surface area contributed by atoms with Crippen molar-refractivity contribution in [3.63, 3.8) is 0 Å². The molecule has 27 heavy (non-hydrogen) atoms. The average molecular weight is 391 g/mol. The Morgan fingerprint density at radius 1 is 1.44 bits per heavy atom. The highest BCUT2D eigenvalue weighted by Gasteiger charge is 2.32. The highest BCUT2D eigenvalue weighted by Crippen LogP contribution is 2.23. The summed E-state index contributed by atoms with van der Waals surface area (Å²) in [6.45, 7) is 2.08. The van der Waals surface area contributed by atoms with Crippen molar-refractivity contribution < 1.29 is 19.6 Å². The third-order valence-electron chi connectivity index (χ3n) is 4.28. The van der Waals surface area contributed by atoms with Gasteiger partial charge in [0.25, 0.3) is 11.6 Å². The molecule has 0 spiro atoms. The lowest BCUT2D eigenvalue weighted by Crippen LogP contribution is -2.47. The van der Waals surface area contributed by atoms with E-state index in [2.05, 4.69) is 10.3 Å². The Morgan fingerprint density at radius 3 is 2.93 bits per heavy atom. The van der Waals surface area contributed by atoms with E-state index in [9.17, 15) is 19.7 Å². The van der Waals surface area contributed by atoms with E-state index in [0.717, 1.165) is 5.75 Å². The zero-order valence-electron chi connectivity index (χ0n) is 14.4. The minimum Gasteiger partial charge on any atom is -0.481 e. The maximum atomic E-state index is 12.9. The van der Waals surface area contributed by atoms with Crippen molar-refractivity contribution in [2.24, 2.45) is 0 Å². The van der Waals surface area contributed by atoms with E-state index in [1.165, 1.54) is 27.8 Å². The second kappa shape index (κ2) is 7.74. The fourth-order valence-electron chi connectivity index (χ4n) is 2.94. The summed E-state index contributed by atoms with van der Waals surface area (Å²) in [5.74, 6) is -0.0660. The Balaban J connectivity index is 1.90. The van der Waals surface area contributed by atoms with Gasteiger partial charge in [-0.1, -0.05) is 11.3 Å². The van der Waals surface area contributed by atoms with Crippen LogP contribution in [0.15, 0.2) is 24.3 Å². The van der Waals surface area contributed by atoms with Crippen LogP contribution in [0.25, 0.3) is 5.69 Å². The lowest BCUT2D eigenvalue weighted by Gasteiger charge is -2.34. The van der Waals surface area contributed by atoms with Gasteiger partial charge in [0.1, 0.15) is 0 Å². The van der Waals surface area contributed by atoms with Crippen LogP contribution in [0, 0.1) is 17.0 Å². The molecule has 0 radical (unpaired) electrons. The number of carbonyl (C=O) groups excluding carboxylic acids is 1. The number of aliphatic carboxylic acids is 1. The molecule has 0 saturated carbocycles. The molecule has 1 aromatic heterocycles. The zero-order chi connectivity index (χ0) is 19.6. The molecule has 11 heteroatoms. The first-order valence-electron chi connectivity index (χ1n) is 8.16. The van der Waals surface area contributed by atoms with Gasteiger partial charge in [-0.3, -0.25) is 19.7 Å². The Kier molecular flexibility index (Phi) is 5.40. The van der Waals surface area contributed by atoms with Gasteiger partial charge in [0.2, 0.25) is 0 Å². The van der Waals surface area contributed by atoms with Gasteiger partial charge < -0.3 is 10.0 Å². The van der Waals surface area contributed by atoms with Gasteiger partial charge in [-0.25, -0.2) is 4.68 Å². The van der Waals surface area contributed by atoms with Crippen LogP contribution in [0.3, 0.4) is 0 Å². The number of aromatic nitrogens is 3. The summed E-state index contributed by atoms with van der Waals surface area (Å²) in [7, 11) is 0. The number of nitro groups is 1. The van der Waals surface area contributed by atoms with E-state index < -0.39 is 16.9 Å². The van der Waals surface area contributed by atoms with Crippen molar-refractivity contribution >= 4 is 29.3 Å². The molecule has 3 rings (SSSR count). The smallest absolute Gasteiger partial charge is 0.305 e. The fourth-order valence-corrected chi connectivity index (χ4v) is 4.00. The van der Waals surface area contributed by atoms with E-state index in [1.807, 2.05) is 0 Å². The Labute approximate surface area is 158 Å². The molecule has 2 heterocycles. The second-order valence-electron chi connectivity index (χ2n) is 6.04. The third kappa shape index (κ3) is 3.92. The average Bonchev–Trinajstić information content (AvgIpc) is 3.02. The number of nitro benzene ring substituents is 1. The molecule has 2 aromatic rings. The number of hydrogen-bond donors (Lipinski definition) is 1. The van der Waals surface area contributed by atoms with E-state index in [0.29, 0.717) is 23.7 Å². The van der Waals surface area contributed by atoms with Gasteiger partial charge in [0.05, 0.1) is 28.8 Å². The highest BCUT2D eigenvalue weighted by atomic mass is 32.2. The zero-order valence-corrected chi connectivity index (χ0v) is 15.3. The normalized spacial score (nSPS) is 16.9. The summed E-state index contributed by atoms with van der Waals surface area (Å²) in [6, 6.07) is 5.47. The van der Waals surface area contributed by atoms with E-state index >= 15 is 0 Å². The summed E-state index contributed by atoms with van der Waals surface area (Å²) in [4.78, 5) is 36.0. The van der Waals surface area contributed by atoms with Crippen LogP contribution in [0.2, 0.25) is 0 Å². The largest absolute Gasteiger partial charge is 0.481 e. The summed E-state index contributed by atoms with van der Waals surface area (Å²) in [6.07, 6.45) is -0.128. The van der Waals surface area contributed by atoms with Gasteiger partial charge in [-0.15, -0.1) is 5.10 Å². The number of hydrogen-bond acceptors (Lipinski definition) is 7. The quantitative estimate of drug-likeness (QED) is 0.599. The monoisotopic (exact) mass is 391 g/mol. The SMILES string of the molecule is Cc1c(C(=O)N2CCSCC2CC(=O)O)nnn1-c1cccc([N+](=O)[O-])c1. The molecule has 1 aromatic carbocycles. The number of non-ortho nitro benzene ring substituents is 1. The molecule has 1 saturated heterocycles. The van der Waals surface area contributed by atoms with Crippen molar-refractivity contribution in [3.05, 3.63) is 45.8 Å². The van der Waals surface area contributed by atoms with Gasteiger partial charge in [-0.2, -0.15) is 11.8 Å². The van der Waals surface area contributed by atoms with E-state index in [-0.39, 0.29) is 23.7 Å². The molecule has 1 aliphatic rings. The highest BCUT2D eigenvalue weighted by molar-refractivity contribution is 7.99. The molecule has 142 valence electrons. The van der Waals surface area contributed by atoms with Crippen LogP contribution in [0.5, 0.6) is 0 Å². The van der Waals surface area contributed by atoms with Crippen molar-refractivity contribution in [3.8, 4) is 5.69 Å². The Hall–Kier alpha value is -2.95. The van der Waals surface area contributed by atoms with Crippen LogP contribution >= 0.6 is 11.8 Å². The number of rotatable bonds is 5. The molecular formula is C16H17N5O5S. The molecule has 10 nitrogen and oxygen atoms in total. The summed E-state index contributed by atoms with van der Waals surface area (Å²) < 4.78 is 1.37. The standard InChI is InChI=1S/C16H17N5O5S/c1-10-15(16(24)19-5-6-27-9-13(19)8-14(22)23)17-18-20(10)11-3-2-4-12(7-11)21(25)26/h2-4,7,13H,5-6,8-9H2,1H3,(H,22,23). The minimum absolute atomic E-state index is 0.0927. The minimum atomic E-state index is -0.961. The van der Waals surface area contributed by atoms with Crippen molar-refractivity contribution in [1.82, 2.24) is 19.9 Å². The van der Waals surface area contributed by atoms with Crippen LogP contribution in [-0.4, -0.2) is 65.9 Å². The number of amides is 1. The number of carboxylic acids is 1. The fraction of sp³-hybridized carbons (Fsp3) is 0.375. The number of nitrogens with zero attached hydrogens (tertiary/aromatic N) is 5. The summed E-state index contributed by atoms with van der Waals surface area (Å²) in [5, 5.41) is 28.0. The maximum Gasteiger partial charge on any atom is 0.305 e. The molecule has 1 unspecified atom stereocenters. The first-order valence-corrected chi connectivity index (χ1v) is 9.31. The first-order chi connectivity index (χ1) is 12.9. The molecule has 1 fully saturated rings. The number of thioether (sulfide) groups is 1. The second-order valence-corrected chi connectivity index (χ2v) is 7.19. The van der Waals surface area contributed by atoms with Gasteiger partial charge >= 0.3 is 5.97 Å². The van der Waals surface area contributed by atoms with Crippen LogP contribution in [0.4, 0.5) is 5.69 Å². The van der Waals surface area contributed by atoms with Crippen LogP contribution < -0.4 is 0 Å². The molecular weight excluding hydrogens is 374 g/mol. The molecule has 1 amide bonds. The van der Waals surface area contributed by atoms with Crippen molar-refractivity contribution in [1.29, 1.82) is 0 Å². The summed E-state index contributed by atoms with van der Waals surface area (Å²) in [5.41, 5.74) is 0.881. The lowest BCUT2D eigenvalue weighted by atomic mass is 10.1. The molecule has 1 aliphatic heterocycles. The lowest BCUT2D eigenvalue weighted by molar-refractivity contribution is -0.384. The van der Waals surface area contributed by atoms with Gasteiger partial charge in [0, 0.05) is 30.2 Å². The van der Waals surface area contributed by atoms with Crippen LogP contribution in [-0.2, 0) is 4.79 Å². The van der Waals surface area contributed by atoms with E-state index in [1.54, 1.807) is 24.8 Å². The number of carbonyl (C=O) groups is 2. The molecule has 0 bridgehead atoms. The predicted molar refractivity (Wildman–Crippen MR) is 97.2 cm³/mol. The van der Waals surface area contributed by atoms with E-state index in [4.69, 9.17) is 5.11 Å². The topological polar surface area (TPSA) is 131 Å². The maximum absolute atomic E-state index is 12.9. The van der Waals surface area contributed by atoms with Crippen LogP contribution in [0.1, 0.15) is 22.6 Å². The van der Waals surface area contributed by atoms with Crippen molar-refractivity contribution in [2.45, 2.75) is 19.4 Å². The Bertz CT molecular complexity index is 899.